The highest BCUT2D eigenvalue weighted by molar-refractivity contribution is 5.45. The van der Waals surface area contributed by atoms with Gasteiger partial charge < -0.3 is 10.2 Å². The first kappa shape index (κ1) is 14.0. The Kier molecular flexibility index (Phi) is 6.06. The molecule has 0 saturated carbocycles. The first-order valence-corrected chi connectivity index (χ1v) is 6.66. The molecule has 1 unspecified atom stereocenters. The summed E-state index contributed by atoms with van der Waals surface area (Å²) in [6.45, 7) is 12.2. The van der Waals surface area contributed by atoms with E-state index in [9.17, 15) is 0 Å². The molecule has 1 atom stereocenters. The van der Waals surface area contributed by atoms with Crippen molar-refractivity contribution in [2.24, 2.45) is 5.92 Å². The number of hydrogen-bond acceptors (Lipinski definition) is 2. The van der Waals surface area contributed by atoms with Gasteiger partial charge >= 0.3 is 0 Å². The fourth-order valence-electron chi connectivity index (χ4n) is 1.93. The van der Waals surface area contributed by atoms with E-state index in [1.54, 1.807) is 0 Å². The van der Waals surface area contributed by atoms with Crippen LogP contribution < -0.4 is 10.2 Å². The number of rotatable bonds is 7. The summed E-state index contributed by atoms with van der Waals surface area (Å²) in [5, 5.41) is 3.50. The monoisotopic (exact) mass is 234 g/mol. The van der Waals surface area contributed by atoms with E-state index < -0.39 is 0 Å². The molecule has 0 aliphatic heterocycles. The molecule has 0 heterocycles. The summed E-state index contributed by atoms with van der Waals surface area (Å²) in [5.74, 6) is 0.664. The van der Waals surface area contributed by atoms with Crippen LogP contribution >= 0.6 is 0 Å². The molecule has 0 aromatic heterocycles. The van der Waals surface area contributed by atoms with E-state index in [0.29, 0.717) is 12.0 Å². The molecule has 0 spiro atoms. The maximum Gasteiger partial charge on any atom is 0.0366 e. The molecule has 0 aliphatic rings. The minimum Gasteiger partial charge on any atom is -0.371 e. The van der Waals surface area contributed by atoms with Crippen LogP contribution in [0, 0.1) is 5.92 Å². The number of nitrogens with one attached hydrogen (secondary N) is 1. The van der Waals surface area contributed by atoms with E-state index >= 15 is 0 Å². The third kappa shape index (κ3) is 5.22. The summed E-state index contributed by atoms with van der Waals surface area (Å²) in [6.07, 6.45) is 0. The van der Waals surface area contributed by atoms with Gasteiger partial charge in [0, 0.05) is 24.8 Å². The van der Waals surface area contributed by atoms with Crippen LogP contribution in [-0.4, -0.2) is 25.7 Å². The zero-order valence-electron chi connectivity index (χ0n) is 11.6. The van der Waals surface area contributed by atoms with E-state index in [0.717, 1.165) is 19.6 Å². The molecule has 96 valence electrons. The predicted octanol–water partition coefficient (Wildman–Crippen LogP) is 3.15. The third-order valence-corrected chi connectivity index (χ3v) is 2.91. The molecule has 17 heavy (non-hydrogen) atoms. The van der Waals surface area contributed by atoms with Crippen molar-refractivity contribution in [1.29, 1.82) is 0 Å². The van der Waals surface area contributed by atoms with Crippen LogP contribution in [0.15, 0.2) is 30.3 Å². The normalized spacial score (nSPS) is 12.8. The minimum atomic E-state index is 0.573. The first-order valence-electron chi connectivity index (χ1n) is 6.66. The van der Waals surface area contributed by atoms with Gasteiger partial charge in [-0.15, -0.1) is 0 Å². The molecule has 0 radical (unpaired) electrons. The van der Waals surface area contributed by atoms with Crippen LogP contribution in [0.2, 0.25) is 0 Å². The third-order valence-electron chi connectivity index (χ3n) is 2.91. The second kappa shape index (κ2) is 7.33. The molecule has 1 rings (SSSR count). The molecule has 1 aromatic rings. The average Bonchev–Trinajstić information content (AvgIpc) is 2.34. The van der Waals surface area contributed by atoms with E-state index in [2.05, 4.69) is 68.2 Å². The lowest BCUT2D eigenvalue weighted by atomic mass is 10.1. The van der Waals surface area contributed by atoms with Crippen LogP contribution in [0.25, 0.3) is 0 Å². The lowest BCUT2D eigenvalue weighted by Crippen LogP contribution is -2.35. The van der Waals surface area contributed by atoms with Crippen LogP contribution in [0.1, 0.15) is 27.7 Å². The lowest BCUT2D eigenvalue weighted by molar-refractivity contribution is 0.474. The van der Waals surface area contributed by atoms with E-state index in [4.69, 9.17) is 0 Å². The Labute approximate surface area is 106 Å². The van der Waals surface area contributed by atoms with Crippen molar-refractivity contribution in [3.63, 3.8) is 0 Å². The van der Waals surface area contributed by atoms with Crippen molar-refractivity contribution in [2.45, 2.75) is 33.7 Å². The molecule has 0 saturated heterocycles. The summed E-state index contributed by atoms with van der Waals surface area (Å²) < 4.78 is 0. The topological polar surface area (TPSA) is 15.3 Å². The van der Waals surface area contributed by atoms with Gasteiger partial charge in [-0.3, -0.25) is 0 Å². The van der Waals surface area contributed by atoms with Crippen LogP contribution in [0.3, 0.4) is 0 Å². The van der Waals surface area contributed by atoms with Gasteiger partial charge in [-0.2, -0.15) is 0 Å². The Morgan fingerprint density at radius 2 is 1.76 bits per heavy atom. The van der Waals surface area contributed by atoms with Gasteiger partial charge in [0.05, 0.1) is 0 Å². The van der Waals surface area contributed by atoms with E-state index in [-0.39, 0.29) is 0 Å². The smallest absolute Gasteiger partial charge is 0.0366 e. The van der Waals surface area contributed by atoms with E-state index in [1.807, 2.05) is 0 Å². The summed E-state index contributed by atoms with van der Waals surface area (Å²) in [4.78, 5) is 2.44. The Morgan fingerprint density at radius 3 is 2.29 bits per heavy atom. The molecule has 0 fully saturated rings. The summed E-state index contributed by atoms with van der Waals surface area (Å²) >= 11 is 0. The maximum atomic E-state index is 3.50. The standard InChI is InChI=1S/C15H26N2/c1-5-17(15-9-7-6-8-10-15)12-14(4)11-16-13(2)3/h6-10,13-14,16H,5,11-12H2,1-4H3. The minimum absolute atomic E-state index is 0.573. The van der Waals surface area contributed by atoms with Crippen molar-refractivity contribution in [3.05, 3.63) is 30.3 Å². The number of nitrogens with zero attached hydrogens (tertiary/aromatic N) is 1. The molecule has 0 amide bonds. The van der Waals surface area contributed by atoms with Crippen molar-refractivity contribution in [3.8, 4) is 0 Å². The summed E-state index contributed by atoms with van der Waals surface area (Å²) in [6, 6.07) is 11.2. The molecule has 0 bridgehead atoms. The van der Waals surface area contributed by atoms with Gasteiger partial charge in [-0.25, -0.2) is 0 Å². The highest BCUT2D eigenvalue weighted by Gasteiger charge is 2.09. The van der Waals surface area contributed by atoms with Gasteiger partial charge in [0.2, 0.25) is 0 Å². The predicted molar refractivity (Wildman–Crippen MR) is 76.6 cm³/mol. The Balaban J connectivity index is 2.47. The van der Waals surface area contributed by atoms with Gasteiger partial charge in [-0.05, 0) is 31.5 Å². The van der Waals surface area contributed by atoms with Crippen molar-refractivity contribution >= 4 is 5.69 Å². The van der Waals surface area contributed by atoms with Crippen molar-refractivity contribution in [2.75, 3.05) is 24.5 Å². The second-order valence-corrected chi connectivity index (χ2v) is 5.04. The Bertz CT molecular complexity index is 295. The average molecular weight is 234 g/mol. The van der Waals surface area contributed by atoms with Gasteiger partial charge in [-0.1, -0.05) is 39.0 Å². The largest absolute Gasteiger partial charge is 0.371 e. The van der Waals surface area contributed by atoms with Crippen LogP contribution in [-0.2, 0) is 0 Å². The Hall–Kier alpha value is -1.02. The van der Waals surface area contributed by atoms with Crippen molar-refractivity contribution in [1.82, 2.24) is 5.32 Å². The van der Waals surface area contributed by atoms with Gasteiger partial charge in [0.25, 0.3) is 0 Å². The lowest BCUT2D eigenvalue weighted by Gasteiger charge is -2.27. The Morgan fingerprint density at radius 1 is 1.12 bits per heavy atom. The summed E-state index contributed by atoms with van der Waals surface area (Å²) in [5.41, 5.74) is 1.33. The zero-order chi connectivity index (χ0) is 12.7. The quantitative estimate of drug-likeness (QED) is 0.779. The maximum absolute atomic E-state index is 3.50. The highest BCUT2D eigenvalue weighted by Crippen LogP contribution is 2.14. The van der Waals surface area contributed by atoms with Crippen LogP contribution in [0.5, 0.6) is 0 Å². The fraction of sp³-hybridized carbons (Fsp3) is 0.600. The summed E-state index contributed by atoms with van der Waals surface area (Å²) in [7, 11) is 0. The molecular formula is C15H26N2. The zero-order valence-corrected chi connectivity index (χ0v) is 11.6. The molecular weight excluding hydrogens is 208 g/mol. The SMILES string of the molecule is CCN(CC(C)CNC(C)C)c1ccccc1. The first-order chi connectivity index (χ1) is 8.13. The highest BCUT2D eigenvalue weighted by atomic mass is 15.1. The number of anilines is 1. The van der Waals surface area contributed by atoms with Gasteiger partial charge in [0.15, 0.2) is 0 Å². The van der Waals surface area contributed by atoms with Crippen LogP contribution in [0.4, 0.5) is 5.69 Å². The molecule has 2 heteroatoms. The number of benzene rings is 1. The number of para-hydroxylation sites is 1. The van der Waals surface area contributed by atoms with Gasteiger partial charge in [0.1, 0.15) is 0 Å². The number of hydrogen-bond donors (Lipinski definition) is 1. The molecule has 1 aromatic carbocycles. The van der Waals surface area contributed by atoms with E-state index in [1.165, 1.54) is 5.69 Å². The van der Waals surface area contributed by atoms with Crippen molar-refractivity contribution < 1.29 is 0 Å². The second-order valence-electron chi connectivity index (χ2n) is 5.04. The molecule has 1 N–H and O–H groups in total. The molecule has 2 nitrogen and oxygen atoms in total. The fourth-order valence-corrected chi connectivity index (χ4v) is 1.93. The molecule has 0 aliphatic carbocycles.